The maximum atomic E-state index is 11.3. The number of carbonyl (C=O) groups is 1. The summed E-state index contributed by atoms with van der Waals surface area (Å²) in [4.78, 5) is 11.3. The lowest BCUT2D eigenvalue weighted by molar-refractivity contribution is -0.143. The number of carbonyl (C=O) groups excluding carboxylic acids is 1. The summed E-state index contributed by atoms with van der Waals surface area (Å²) in [6, 6.07) is 0. The Balaban J connectivity index is 3.19. The molecule has 0 aromatic heterocycles. The molecule has 0 aliphatic carbocycles. The van der Waals surface area contributed by atoms with Crippen molar-refractivity contribution in [1.82, 2.24) is 0 Å². The van der Waals surface area contributed by atoms with Crippen LogP contribution < -0.4 is 0 Å². The van der Waals surface area contributed by atoms with Gasteiger partial charge in [-0.2, -0.15) is 0 Å². The number of rotatable bonds is 11. The van der Waals surface area contributed by atoms with Crippen molar-refractivity contribution < 1.29 is 9.53 Å². The first kappa shape index (κ1) is 16.2. The number of ether oxygens (including phenoxy) is 1. The normalized spacial score (nSPS) is 10.2. The minimum atomic E-state index is -0.0557. The van der Waals surface area contributed by atoms with Crippen LogP contribution in [-0.4, -0.2) is 12.6 Å². The molecule has 0 N–H and O–H groups in total. The fraction of sp³-hybridized carbons (Fsp3) is 0.800. The van der Waals surface area contributed by atoms with E-state index in [2.05, 4.69) is 13.5 Å². The fourth-order valence-electron chi connectivity index (χ4n) is 1.64. The van der Waals surface area contributed by atoms with Gasteiger partial charge in [-0.05, 0) is 13.3 Å². The first-order valence-corrected chi connectivity index (χ1v) is 6.96. The average Bonchev–Trinajstić information content (AvgIpc) is 2.27. The number of hydrogen-bond acceptors (Lipinski definition) is 2. The first-order valence-electron chi connectivity index (χ1n) is 6.96. The Morgan fingerprint density at radius 2 is 1.59 bits per heavy atom. The number of esters is 1. The van der Waals surface area contributed by atoms with Crippen molar-refractivity contribution in [2.24, 2.45) is 0 Å². The van der Waals surface area contributed by atoms with E-state index >= 15 is 0 Å². The van der Waals surface area contributed by atoms with E-state index in [4.69, 9.17) is 4.74 Å². The molecule has 0 bridgehead atoms. The molecule has 2 nitrogen and oxygen atoms in total. The average molecular weight is 240 g/mol. The molecule has 0 fully saturated rings. The van der Waals surface area contributed by atoms with Crippen LogP contribution in [0, 0.1) is 0 Å². The molecule has 0 aliphatic rings. The highest BCUT2D eigenvalue weighted by Gasteiger charge is 2.02. The lowest BCUT2D eigenvalue weighted by Crippen LogP contribution is -2.05. The van der Waals surface area contributed by atoms with Crippen LogP contribution >= 0.6 is 0 Å². The molecule has 0 aromatic carbocycles. The summed E-state index contributed by atoms with van der Waals surface area (Å²) >= 11 is 0. The van der Waals surface area contributed by atoms with Crippen molar-refractivity contribution in [3.8, 4) is 0 Å². The second-order valence-corrected chi connectivity index (χ2v) is 4.80. The highest BCUT2D eigenvalue weighted by molar-refractivity contribution is 5.69. The summed E-state index contributed by atoms with van der Waals surface area (Å²) in [6.07, 6.45) is 9.99. The Kier molecular flexibility index (Phi) is 11.1. The van der Waals surface area contributed by atoms with Gasteiger partial charge in [0.15, 0.2) is 0 Å². The molecule has 2 heteroatoms. The second-order valence-electron chi connectivity index (χ2n) is 4.80. The minimum absolute atomic E-state index is 0.0557. The maximum Gasteiger partial charge on any atom is 0.305 e. The predicted octanol–water partition coefficient (Wildman–Crippen LogP) is 4.64. The van der Waals surface area contributed by atoms with Gasteiger partial charge in [-0.15, -0.1) is 6.58 Å². The third-order valence-corrected chi connectivity index (χ3v) is 2.78. The van der Waals surface area contributed by atoms with E-state index in [1.54, 1.807) is 0 Å². The van der Waals surface area contributed by atoms with Gasteiger partial charge in [-0.1, -0.05) is 51.0 Å². The molecular weight excluding hydrogens is 212 g/mol. The number of hydrogen-bond donors (Lipinski definition) is 0. The molecule has 100 valence electrons. The Morgan fingerprint density at radius 1 is 1.00 bits per heavy atom. The van der Waals surface area contributed by atoms with Gasteiger partial charge in [-0.3, -0.25) is 4.79 Å². The largest absolute Gasteiger partial charge is 0.465 e. The summed E-state index contributed by atoms with van der Waals surface area (Å²) in [7, 11) is 0. The monoisotopic (exact) mass is 240 g/mol. The van der Waals surface area contributed by atoms with Crippen molar-refractivity contribution >= 4 is 5.97 Å². The maximum absolute atomic E-state index is 11.3. The molecule has 0 spiro atoms. The van der Waals surface area contributed by atoms with Crippen molar-refractivity contribution in [2.45, 2.75) is 71.6 Å². The van der Waals surface area contributed by atoms with Crippen LogP contribution in [0.1, 0.15) is 71.6 Å². The SMILES string of the molecule is C=C(C)CCOC(=O)CCCCCCCCC. The Morgan fingerprint density at radius 3 is 2.18 bits per heavy atom. The predicted molar refractivity (Wildman–Crippen MR) is 73.0 cm³/mol. The molecule has 0 unspecified atom stereocenters. The van der Waals surface area contributed by atoms with E-state index in [1.165, 1.54) is 32.1 Å². The molecule has 17 heavy (non-hydrogen) atoms. The van der Waals surface area contributed by atoms with Crippen LogP contribution in [0.25, 0.3) is 0 Å². The van der Waals surface area contributed by atoms with Gasteiger partial charge in [-0.25, -0.2) is 0 Å². The zero-order valence-corrected chi connectivity index (χ0v) is 11.6. The van der Waals surface area contributed by atoms with Gasteiger partial charge >= 0.3 is 5.97 Å². The highest BCUT2D eigenvalue weighted by Crippen LogP contribution is 2.09. The zero-order valence-electron chi connectivity index (χ0n) is 11.6. The van der Waals surface area contributed by atoms with E-state index < -0.39 is 0 Å². The van der Waals surface area contributed by atoms with Crippen molar-refractivity contribution in [3.63, 3.8) is 0 Å². The van der Waals surface area contributed by atoms with Crippen LogP contribution in [0.15, 0.2) is 12.2 Å². The summed E-state index contributed by atoms with van der Waals surface area (Å²) in [5.41, 5.74) is 1.06. The zero-order chi connectivity index (χ0) is 12.9. The van der Waals surface area contributed by atoms with Crippen LogP contribution in [0.3, 0.4) is 0 Å². The standard InChI is InChI=1S/C15H28O2/c1-4-5-6-7-8-9-10-11-15(16)17-13-12-14(2)3/h2,4-13H2,1,3H3. The van der Waals surface area contributed by atoms with Crippen molar-refractivity contribution in [3.05, 3.63) is 12.2 Å². The summed E-state index contributed by atoms with van der Waals surface area (Å²) in [5.74, 6) is -0.0557. The molecular formula is C15H28O2. The van der Waals surface area contributed by atoms with Gasteiger partial charge in [0.25, 0.3) is 0 Å². The van der Waals surface area contributed by atoms with E-state index in [-0.39, 0.29) is 5.97 Å². The van der Waals surface area contributed by atoms with Crippen molar-refractivity contribution in [1.29, 1.82) is 0 Å². The molecule has 0 aliphatic heterocycles. The fourth-order valence-corrected chi connectivity index (χ4v) is 1.64. The lowest BCUT2D eigenvalue weighted by atomic mass is 10.1. The van der Waals surface area contributed by atoms with Gasteiger partial charge < -0.3 is 4.74 Å². The second kappa shape index (κ2) is 11.7. The van der Waals surface area contributed by atoms with Crippen LogP contribution in [-0.2, 0) is 9.53 Å². The van der Waals surface area contributed by atoms with E-state index in [1.807, 2.05) is 6.92 Å². The highest BCUT2D eigenvalue weighted by atomic mass is 16.5. The van der Waals surface area contributed by atoms with Crippen molar-refractivity contribution in [2.75, 3.05) is 6.61 Å². The van der Waals surface area contributed by atoms with Gasteiger partial charge in [0, 0.05) is 12.8 Å². The molecule has 0 aromatic rings. The van der Waals surface area contributed by atoms with Gasteiger partial charge in [0.2, 0.25) is 0 Å². The molecule has 0 radical (unpaired) electrons. The Labute approximate surface area is 106 Å². The molecule has 0 heterocycles. The minimum Gasteiger partial charge on any atom is -0.465 e. The molecule has 0 saturated heterocycles. The van der Waals surface area contributed by atoms with E-state index in [0.717, 1.165) is 24.8 Å². The quantitative estimate of drug-likeness (QED) is 0.299. The lowest BCUT2D eigenvalue weighted by Gasteiger charge is -2.04. The Bertz CT molecular complexity index is 209. The smallest absolute Gasteiger partial charge is 0.305 e. The van der Waals surface area contributed by atoms with Gasteiger partial charge in [0.05, 0.1) is 6.61 Å². The summed E-state index contributed by atoms with van der Waals surface area (Å²) in [5, 5.41) is 0. The van der Waals surface area contributed by atoms with Crippen LogP contribution in [0.5, 0.6) is 0 Å². The molecule has 0 saturated carbocycles. The molecule has 0 amide bonds. The third-order valence-electron chi connectivity index (χ3n) is 2.78. The van der Waals surface area contributed by atoms with Crippen LogP contribution in [0.2, 0.25) is 0 Å². The topological polar surface area (TPSA) is 26.3 Å². The summed E-state index contributed by atoms with van der Waals surface area (Å²) < 4.78 is 5.10. The summed E-state index contributed by atoms with van der Waals surface area (Å²) in [6.45, 7) is 8.43. The molecule has 0 rings (SSSR count). The number of unbranched alkanes of at least 4 members (excludes halogenated alkanes) is 6. The van der Waals surface area contributed by atoms with E-state index in [0.29, 0.717) is 13.0 Å². The third kappa shape index (κ3) is 13.1. The van der Waals surface area contributed by atoms with Gasteiger partial charge in [0.1, 0.15) is 0 Å². The molecule has 0 atom stereocenters. The first-order chi connectivity index (χ1) is 8.16. The van der Waals surface area contributed by atoms with Crippen LogP contribution in [0.4, 0.5) is 0 Å². The Hall–Kier alpha value is -0.790. The van der Waals surface area contributed by atoms with E-state index in [9.17, 15) is 4.79 Å².